The van der Waals surface area contributed by atoms with Crippen molar-refractivity contribution >= 4 is 56.0 Å². The molecule has 4 aliphatic heterocycles. The number of carbonyl (C=O) groups is 2. The number of likely N-dealkylation sites (tertiary alicyclic amines) is 1. The third kappa shape index (κ3) is 8.82. The van der Waals surface area contributed by atoms with Crippen LogP contribution in [0.15, 0.2) is 53.5 Å². The van der Waals surface area contributed by atoms with E-state index >= 15 is 8.78 Å². The Balaban J connectivity index is 0.747. The number of imide groups is 1. The van der Waals surface area contributed by atoms with Crippen molar-refractivity contribution in [2.45, 2.75) is 69.9 Å². The van der Waals surface area contributed by atoms with E-state index in [4.69, 9.17) is 16.1 Å². The van der Waals surface area contributed by atoms with E-state index in [2.05, 4.69) is 35.9 Å². The Labute approximate surface area is 409 Å². The second kappa shape index (κ2) is 18.2. The molecule has 0 spiro atoms. The zero-order chi connectivity index (χ0) is 49.3. The van der Waals surface area contributed by atoms with E-state index in [1.165, 1.54) is 30.5 Å². The molecule has 11 rings (SSSR count). The zero-order valence-electron chi connectivity index (χ0n) is 40.1. The Morgan fingerprint density at radius 1 is 0.944 bits per heavy atom. The van der Waals surface area contributed by atoms with Crippen molar-refractivity contribution in [2.75, 3.05) is 81.9 Å². The molecule has 3 aromatic carbocycles. The van der Waals surface area contributed by atoms with Gasteiger partial charge in [0.1, 0.15) is 34.6 Å². The predicted octanol–water partition coefficient (Wildman–Crippen LogP) is 5.49. The fourth-order valence-corrected chi connectivity index (χ4v) is 11.7. The second-order valence-electron chi connectivity index (χ2n) is 20.8. The lowest BCUT2D eigenvalue weighted by Crippen LogP contribution is -2.49. The highest BCUT2D eigenvalue weighted by molar-refractivity contribution is 6.03. The van der Waals surface area contributed by atoms with Crippen LogP contribution in [0.4, 0.5) is 20.3 Å². The van der Waals surface area contributed by atoms with Crippen LogP contribution >= 0.6 is 0 Å². The van der Waals surface area contributed by atoms with Crippen molar-refractivity contribution in [1.82, 2.24) is 39.2 Å². The van der Waals surface area contributed by atoms with Gasteiger partial charge < -0.3 is 29.6 Å². The molecule has 6 aromatic rings. The summed E-state index contributed by atoms with van der Waals surface area (Å²) in [5, 5.41) is 25.2. The first kappa shape index (κ1) is 46.7. The average molecular weight is 969 g/mol. The Morgan fingerprint density at radius 3 is 2.46 bits per heavy atom. The SMILES string of the molecule is C#Cc1c(F)ccc2cc(O)cc(-c3ncc4c(N5CCC[C@@](C)(O)C5)nc(OCC5(CN6CCC(CN7CCN(c8cccc9c8n(C)c(=O)n9C8CCC(=O)NC8=O)CC7)CC6)CC5)nc4c3F)c12. The Morgan fingerprint density at radius 2 is 1.73 bits per heavy atom. The highest BCUT2D eigenvalue weighted by atomic mass is 19.1. The number of piperidine rings is 3. The standard InChI is InChI=1S/C53H58F2N10O6/c1-4-35-38(54)10-9-33-25-34(66)26-36(43(33)35)45-44(55)46-37(27-56-45)48(64-18-6-15-52(2,70)29-64)59-50(58-46)71-31-53(16-17-53)30-62-19-13-32(14-20-62)28-61-21-23-63(24-22-61)39-7-5-8-40-47(39)60(3)51(69)65(40)41-11-12-42(67)57-49(41)68/h1,5,7-10,25-27,32,41,66,70H,6,11-24,28-31H2,2-3H3,(H,57,67,68)/t41?,52-/m1/s1. The molecule has 3 aromatic heterocycles. The minimum Gasteiger partial charge on any atom is -0.508 e. The van der Waals surface area contributed by atoms with E-state index in [0.717, 1.165) is 89.2 Å². The van der Waals surface area contributed by atoms with Crippen LogP contribution in [0.1, 0.15) is 69.9 Å². The number of anilines is 2. The molecule has 5 aliphatic rings. The molecule has 1 saturated carbocycles. The van der Waals surface area contributed by atoms with Crippen molar-refractivity contribution in [3.05, 3.63) is 76.3 Å². The maximum absolute atomic E-state index is 17.1. The summed E-state index contributed by atoms with van der Waals surface area (Å²) >= 11 is 0. The summed E-state index contributed by atoms with van der Waals surface area (Å²) in [6.45, 7) is 10.2. The van der Waals surface area contributed by atoms with E-state index in [9.17, 15) is 24.6 Å². The molecular formula is C53H58F2N10O6. The fourth-order valence-electron chi connectivity index (χ4n) is 11.7. The Kier molecular flexibility index (Phi) is 12.0. The predicted molar refractivity (Wildman–Crippen MR) is 265 cm³/mol. The number of aromatic nitrogens is 5. The van der Waals surface area contributed by atoms with Crippen LogP contribution in [0.3, 0.4) is 0 Å². The van der Waals surface area contributed by atoms with Gasteiger partial charge in [-0.3, -0.25) is 33.9 Å². The smallest absolute Gasteiger partial charge is 0.329 e. The van der Waals surface area contributed by atoms with E-state index in [1.807, 2.05) is 23.1 Å². The number of carbonyl (C=O) groups excluding carboxylic acids is 2. The largest absolute Gasteiger partial charge is 0.508 e. The van der Waals surface area contributed by atoms with Crippen LogP contribution in [-0.2, 0) is 16.6 Å². The zero-order valence-corrected chi connectivity index (χ0v) is 40.1. The summed E-state index contributed by atoms with van der Waals surface area (Å²) < 4.78 is 41.7. The van der Waals surface area contributed by atoms with Gasteiger partial charge in [0.15, 0.2) is 5.82 Å². The number of fused-ring (bicyclic) bond motifs is 3. The van der Waals surface area contributed by atoms with Gasteiger partial charge in [0.25, 0.3) is 0 Å². The molecular weight excluding hydrogens is 911 g/mol. The first-order chi connectivity index (χ1) is 34.2. The van der Waals surface area contributed by atoms with Crippen molar-refractivity contribution in [3.63, 3.8) is 0 Å². The van der Waals surface area contributed by atoms with E-state index in [0.29, 0.717) is 60.4 Å². The number of hydrogen-bond acceptors (Lipinski definition) is 13. The normalized spacial score (nSPS) is 22.3. The number of pyridine rings is 1. The number of aromatic hydroxyl groups is 1. The molecule has 7 heterocycles. The molecule has 4 saturated heterocycles. The number of aliphatic hydroxyl groups is 1. The number of halogens is 2. The summed E-state index contributed by atoms with van der Waals surface area (Å²) in [5.41, 5.74) is 0.964. The number of aryl methyl sites for hydroxylation is 1. The Bertz CT molecular complexity index is 3220. The third-order valence-electron chi connectivity index (χ3n) is 15.6. The molecule has 370 valence electrons. The molecule has 0 radical (unpaired) electrons. The topological polar surface area (TPSA) is 174 Å². The number of para-hydroxylation sites is 1. The van der Waals surface area contributed by atoms with Crippen LogP contribution in [0.25, 0.3) is 44.0 Å². The maximum Gasteiger partial charge on any atom is 0.329 e. The maximum atomic E-state index is 17.1. The van der Waals surface area contributed by atoms with Gasteiger partial charge in [-0.05, 0) is 107 Å². The summed E-state index contributed by atoms with van der Waals surface area (Å²) in [7, 11) is 1.75. The number of nitrogens with one attached hydrogen (secondary N) is 1. The van der Waals surface area contributed by atoms with Crippen molar-refractivity contribution in [1.29, 1.82) is 0 Å². The number of rotatable bonds is 11. The van der Waals surface area contributed by atoms with E-state index in [-0.39, 0.29) is 69.5 Å². The van der Waals surface area contributed by atoms with Gasteiger partial charge in [-0.15, -0.1) is 6.42 Å². The summed E-state index contributed by atoms with van der Waals surface area (Å²) in [4.78, 5) is 61.5. The molecule has 2 amide bonds. The molecule has 1 aliphatic carbocycles. The van der Waals surface area contributed by atoms with Crippen molar-refractivity contribution in [2.24, 2.45) is 18.4 Å². The summed E-state index contributed by atoms with van der Waals surface area (Å²) in [6, 6.07) is 10.6. The van der Waals surface area contributed by atoms with Gasteiger partial charge in [-0.2, -0.15) is 9.97 Å². The van der Waals surface area contributed by atoms with E-state index < -0.39 is 29.2 Å². The summed E-state index contributed by atoms with van der Waals surface area (Å²) in [5.74, 6) is 0.998. The molecule has 5 fully saturated rings. The molecule has 0 bridgehead atoms. The lowest BCUT2D eigenvalue weighted by atomic mass is 9.94. The van der Waals surface area contributed by atoms with Gasteiger partial charge >= 0.3 is 11.7 Å². The lowest BCUT2D eigenvalue weighted by molar-refractivity contribution is -0.135. The number of imidazole rings is 1. The van der Waals surface area contributed by atoms with Gasteiger partial charge in [0.05, 0.1) is 39.9 Å². The molecule has 71 heavy (non-hydrogen) atoms. The fraction of sp³-hybridized carbons (Fsp3) is 0.472. The van der Waals surface area contributed by atoms with Crippen LogP contribution in [-0.4, -0.2) is 134 Å². The molecule has 18 heteroatoms. The van der Waals surface area contributed by atoms with Gasteiger partial charge in [0, 0.05) is 88.4 Å². The third-order valence-corrected chi connectivity index (χ3v) is 15.6. The number of β-amino-alcohol motifs (C(OH)–C–C–N with tert-alkyl or cyclic N) is 1. The van der Waals surface area contributed by atoms with Crippen LogP contribution in [0.5, 0.6) is 11.8 Å². The molecule has 3 N–H and O–H groups in total. The molecule has 2 atom stereocenters. The lowest BCUT2D eigenvalue weighted by Gasteiger charge is -2.40. The number of amides is 2. The number of nitrogens with zero attached hydrogens (tertiary/aromatic N) is 9. The molecule has 16 nitrogen and oxygen atoms in total. The van der Waals surface area contributed by atoms with Crippen molar-refractivity contribution in [3.8, 4) is 35.4 Å². The van der Waals surface area contributed by atoms with Crippen molar-refractivity contribution < 1.29 is 33.3 Å². The van der Waals surface area contributed by atoms with Crippen LogP contribution in [0, 0.1) is 35.3 Å². The summed E-state index contributed by atoms with van der Waals surface area (Å²) in [6.07, 6.45) is 13.2. The minimum atomic E-state index is -0.990. The first-order valence-electron chi connectivity index (χ1n) is 24.8. The number of piperazine rings is 1. The number of hydrogen-bond donors (Lipinski definition) is 3. The quantitative estimate of drug-likeness (QED) is 0.110. The highest BCUT2D eigenvalue weighted by Crippen LogP contribution is 2.47. The van der Waals surface area contributed by atoms with Crippen LogP contribution < -0.4 is 25.5 Å². The first-order valence-corrected chi connectivity index (χ1v) is 24.8. The monoisotopic (exact) mass is 968 g/mol. The highest BCUT2D eigenvalue weighted by Gasteiger charge is 2.46. The number of terminal acetylenes is 1. The molecule has 1 unspecified atom stereocenters. The number of benzene rings is 3. The number of ether oxygens (including phenoxy) is 1. The average Bonchev–Trinajstić information content (AvgIpc) is 4.07. The van der Waals surface area contributed by atoms with Crippen LogP contribution in [0.2, 0.25) is 0 Å². The van der Waals surface area contributed by atoms with Gasteiger partial charge in [0.2, 0.25) is 11.8 Å². The number of phenolic OH excluding ortho intramolecular Hbond substituents is 1. The van der Waals surface area contributed by atoms with Gasteiger partial charge in [-0.25, -0.2) is 13.6 Å². The number of phenols is 1. The van der Waals surface area contributed by atoms with E-state index in [1.54, 1.807) is 23.1 Å². The minimum absolute atomic E-state index is 0.0151. The Hall–Kier alpha value is -6.68. The van der Waals surface area contributed by atoms with Gasteiger partial charge in [-0.1, -0.05) is 18.1 Å². The second-order valence-corrected chi connectivity index (χ2v) is 20.8.